The molecule has 0 aliphatic rings. The molecule has 0 fully saturated rings. The smallest absolute Gasteiger partial charge is 0.0724 e. The summed E-state index contributed by atoms with van der Waals surface area (Å²) in [6.07, 6.45) is 0. The molecule has 2 nitrogen and oxygen atoms in total. The molecule has 0 saturated carbocycles. The zero-order valence-corrected chi connectivity index (χ0v) is 14.1. The van der Waals surface area contributed by atoms with Crippen molar-refractivity contribution >= 4 is 27.5 Å². The molecule has 0 aromatic heterocycles. The van der Waals surface area contributed by atoms with Crippen LogP contribution >= 0.6 is 27.5 Å². The Morgan fingerprint density at radius 3 is 2.30 bits per heavy atom. The molecule has 0 bridgehead atoms. The topological polar surface area (TPSA) is 38.0 Å². The molecule has 0 aliphatic carbocycles. The fourth-order valence-corrected chi connectivity index (χ4v) is 3.03. The first-order valence-corrected chi connectivity index (χ1v) is 7.60. The van der Waals surface area contributed by atoms with E-state index in [9.17, 15) is 0 Å². The normalized spacial score (nSPS) is 12.5. The van der Waals surface area contributed by atoms with Crippen molar-refractivity contribution in [1.29, 1.82) is 0 Å². The van der Waals surface area contributed by atoms with Gasteiger partial charge in [0.1, 0.15) is 0 Å². The lowest BCUT2D eigenvalue weighted by Gasteiger charge is -2.22. The van der Waals surface area contributed by atoms with E-state index in [1.807, 2.05) is 18.2 Å². The Morgan fingerprint density at radius 2 is 1.65 bits per heavy atom. The second kappa shape index (κ2) is 6.27. The molecule has 20 heavy (non-hydrogen) atoms. The van der Waals surface area contributed by atoms with Gasteiger partial charge in [0.05, 0.1) is 6.04 Å². The van der Waals surface area contributed by atoms with Gasteiger partial charge in [0.25, 0.3) is 0 Å². The van der Waals surface area contributed by atoms with Gasteiger partial charge >= 0.3 is 0 Å². The number of hydrazine groups is 1. The molecule has 0 amide bonds. The van der Waals surface area contributed by atoms with Gasteiger partial charge in [0.2, 0.25) is 0 Å². The van der Waals surface area contributed by atoms with Crippen molar-refractivity contribution < 1.29 is 0 Å². The molecule has 2 aromatic rings. The molecule has 1 unspecified atom stereocenters. The second-order valence-electron chi connectivity index (χ2n) is 5.06. The highest BCUT2D eigenvalue weighted by molar-refractivity contribution is 9.10. The van der Waals surface area contributed by atoms with Crippen LogP contribution in [0.3, 0.4) is 0 Å². The molecule has 3 N–H and O–H groups in total. The Kier molecular flexibility index (Phi) is 4.86. The van der Waals surface area contributed by atoms with Crippen LogP contribution in [0.4, 0.5) is 0 Å². The lowest BCUT2D eigenvalue weighted by Crippen LogP contribution is -2.29. The van der Waals surface area contributed by atoms with Crippen LogP contribution < -0.4 is 11.3 Å². The SMILES string of the molecule is Cc1cc(C)c(C(NN)c2cc(Cl)ccc2Br)cc1C. The van der Waals surface area contributed by atoms with Crippen molar-refractivity contribution in [3.63, 3.8) is 0 Å². The molecule has 106 valence electrons. The van der Waals surface area contributed by atoms with Crippen molar-refractivity contribution in [1.82, 2.24) is 5.43 Å². The monoisotopic (exact) mass is 352 g/mol. The van der Waals surface area contributed by atoms with Crippen LogP contribution in [-0.2, 0) is 0 Å². The van der Waals surface area contributed by atoms with E-state index in [1.54, 1.807) is 0 Å². The molecular formula is C16H18BrClN2. The van der Waals surface area contributed by atoms with Crippen molar-refractivity contribution in [2.75, 3.05) is 0 Å². The molecular weight excluding hydrogens is 336 g/mol. The Labute approximate surface area is 133 Å². The lowest BCUT2D eigenvalue weighted by atomic mass is 9.92. The van der Waals surface area contributed by atoms with E-state index in [4.69, 9.17) is 17.4 Å². The van der Waals surface area contributed by atoms with Gasteiger partial charge < -0.3 is 0 Å². The highest BCUT2D eigenvalue weighted by Gasteiger charge is 2.18. The van der Waals surface area contributed by atoms with E-state index in [0.717, 1.165) is 10.0 Å². The number of hydrogen-bond donors (Lipinski definition) is 2. The molecule has 1 atom stereocenters. The zero-order valence-electron chi connectivity index (χ0n) is 11.8. The van der Waals surface area contributed by atoms with Crippen molar-refractivity contribution in [3.05, 3.63) is 67.6 Å². The van der Waals surface area contributed by atoms with Crippen molar-refractivity contribution in [2.24, 2.45) is 5.84 Å². The molecule has 4 heteroatoms. The van der Waals surface area contributed by atoms with E-state index < -0.39 is 0 Å². The number of nitrogens with two attached hydrogens (primary N) is 1. The number of rotatable bonds is 3. The van der Waals surface area contributed by atoms with Gasteiger partial charge in [-0.3, -0.25) is 5.84 Å². The largest absolute Gasteiger partial charge is 0.271 e. The predicted octanol–water partition coefficient (Wildman–Crippen LogP) is 4.58. The molecule has 0 radical (unpaired) electrons. The maximum atomic E-state index is 6.11. The van der Waals surface area contributed by atoms with E-state index >= 15 is 0 Å². The molecule has 2 rings (SSSR count). The minimum absolute atomic E-state index is 0.0950. The van der Waals surface area contributed by atoms with Crippen molar-refractivity contribution in [3.8, 4) is 0 Å². The van der Waals surface area contributed by atoms with E-state index in [0.29, 0.717) is 5.02 Å². The summed E-state index contributed by atoms with van der Waals surface area (Å²) >= 11 is 9.68. The van der Waals surface area contributed by atoms with Crippen LogP contribution in [0, 0.1) is 20.8 Å². The van der Waals surface area contributed by atoms with Gasteiger partial charge in [-0.2, -0.15) is 0 Å². The van der Waals surface area contributed by atoms with Crippen LogP contribution in [0.15, 0.2) is 34.8 Å². The van der Waals surface area contributed by atoms with Gasteiger partial charge in [-0.15, -0.1) is 0 Å². The number of benzene rings is 2. The highest BCUT2D eigenvalue weighted by Crippen LogP contribution is 2.32. The summed E-state index contributed by atoms with van der Waals surface area (Å²) in [4.78, 5) is 0. The second-order valence-corrected chi connectivity index (χ2v) is 6.35. The number of hydrogen-bond acceptors (Lipinski definition) is 2. The van der Waals surface area contributed by atoms with Gasteiger partial charge in [-0.1, -0.05) is 39.7 Å². The average molecular weight is 354 g/mol. The maximum absolute atomic E-state index is 6.11. The molecule has 0 spiro atoms. The van der Waals surface area contributed by atoms with Gasteiger partial charge in [0, 0.05) is 9.50 Å². The molecule has 2 aromatic carbocycles. The summed E-state index contributed by atoms with van der Waals surface area (Å²) in [7, 11) is 0. The average Bonchev–Trinajstić information content (AvgIpc) is 2.40. The third-order valence-electron chi connectivity index (χ3n) is 3.63. The third-order valence-corrected chi connectivity index (χ3v) is 4.59. The van der Waals surface area contributed by atoms with Crippen LogP contribution in [0.1, 0.15) is 33.9 Å². The Morgan fingerprint density at radius 1 is 1.00 bits per heavy atom. The highest BCUT2D eigenvalue weighted by atomic mass is 79.9. The van der Waals surface area contributed by atoms with Crippen LogP contribution in [0.2, 0.25) is 5.02 Å². The standard InChI is InChI=1S/C16H18BrClN2/c1-9-6-11(3)13(7-10(9)2)16(20-19)14-8-12(18)4-5-15(14)17/h4-8,16,20H,19H2,1-3H3. The van der Waals surface area contributed by atoms with E-state index in [2.05, 4.69) is 54.3 Å². The summed E-state index contributed by atoms with van der Waals surface area (Å²) in [6, 6.07) is 10.0. The molecule has 0 aliphatic heterocycles. The Bertz CT molecular complexity index is 641. The van der Waals surface area contributed by atoms with Gasteiger partial charge in [-0.05, 0) is 66.8 Å². The lowest BCUT2D eigenvalue weighted by molar-refractivity contribution is 0.631. The minimum atomic E-state index is -0.0950. The van der Waals surface area contributed by atoms with Crippen LogP contribution in [0.5, 0.6) is 0 Å². The summed E-state index contributed by atoms with van der Waals surface area (Å²) in [5, 5.41) is 0.699. The van der Waals surface area contributed by atoms with Gasteiger partial charge in [-0.25, -0.2) is 5.43 Å². The fourth-order valence-electron chi connectivity index (χ4n) is 2.38. The molecule has 0 saturated heterocycles. The van der Waals surface area contributed by atoms with Crippen molar-refractivity contribution in [2.45, 2.75) is 26.8 Å². The number of aryl methyl sites for hydroxylation is 3. The Balaban J connectivity index is 2.58. The number of nitrogens with one attached hydrogen (secondary N) is 1. The van der Waals surface area contributed by atoms with Crippen LogP contribution in [0.25, 0.3) is 0 Å². The maximum Gasteiger partial charge on any atom is 0.0724 e. The van der Waals surface area contributed by atoms with E-state index in [-0.39, 0.29) is 6.04 Å². The minimum Gasteiger partial charge on any atom is -0.271 e. The quantitative estimate of drug-likeness (QED) is 0.626. The third kappa shape index (κ3) is 3.07. The first-order valence-electron chi connectivity index (χ1n) is 6.43. The zero-order chi connectivity index (χ0) is 14.9. The predicted molar refractivity (Wildman–Crippen MR) is 89.0 cm³/mol. The first-order chi connectivity index (χ1) is 9.43. The van der Waals surface area contributed by atoms with E-state index in [1.165, 1.54) is 22.3 Å². The fraction of sp³-hybridized carbons (Fsp3) is 0.250. The summed E-state index contributed by atoms with van der Waals surface area (Å²) < 4.78 is 0.988. The number of halogens is 2. The summed E-state index contributed by atoms with van der Waals surface area (Å²) in [5.41, 5.74) is 8.85. The first kappa shape index (κ1) is 15.5. The Hall–Kier alpha value is -0.870. The molecule has 0 heterocycles. The summed E-state index contributed by atoms with van der Waals surface area (Å²) in [6.45, 7) is 6.33. The van der Waals surface area contributed by atoms with Crippen LogP contribution in [-0.4, -0.2) is 0 Å². The van der Waals surface area contributed by atoms with Gasteiger partial charge in [0.15, 0.2) is 0 Å². The summed E-state index contributed by atoms with van der Waals surface area (Å²) in [5.74, 6) is 5.80.